The van der Waals surface area contributed by atoms with Crippen molar-refractivity contribution in [3.8, 4) is 0 Å². The molecule has 1 aliphatic rings. The molecule has 1 fully saturated rings. The maximum absolute atomic E-state index is 12.5. The quantitative estimate of drug-likeness (QED) is 0.674. The lowest BCUT2D eigenvalue weighted by Crippen LogP contribution is -2.46. The van der Waals surface area contributed by atoms with Gasteiger partial charge in [-0.05, 0) is 45.3 Å². The first-order valence-corrected chi connectivity index (χ1v) is 9.05. The minimum Gasteiger partial charge on any atom is -0.340 e. The molecule has 2 N–H and O–H groups in total. The van der Waals surface area contributed by atoms with Gasteiger partial charge in [-0.2, -0.15) is 0 Å². The van der Waals surface area contributed by atoms with Gasteiger partial charge in [0.25, 0.3) is 0 Å². The predicted molar refractivity (Wildman–Crippen MR) is 99.5 cm³/mol. The fourth-order valence-electron chi connectivity index (χ4n) is 2.53. The lowest BCUT2D eigenvalue weighted by molar-refractivity contribution is -0.130. The molecule has 6 nitrogen and oxygen atoms in total. The smallest absolute Gasteiger partial charge is 0.315 e. The van der Waals surface area contributed by atoms with Gasteiger partial charge < -0.3 is 20.4 Å². The topological polar surface area (TPSA) is 64.7 Å². The van der Waals surface area contributed by atoms with E-state index in [4.69, 9.17) is 0 Å². The van der Waals surface area contributed by atoms with Crippen LogP contribution in [0.2, 0.25) is 0 Å². The molecular weight excluding hydrogens is 316 g/mol. The number of likely N-dealkylation sites (N-methyl/N-ethyl adjacent to an activating group) is 1. The van der Waals surface area contributed by atoms with Crippen molar-refractivity contribution in [1.29, 1.82) is 0 Å². The summed E-state index contributed by atoms with van der Waals surface area (Å²) in [6.45, 7) is 2.24. The molecule has 6 heteroatoms. The summed E-state index contributed by atoms with van der Waals surface area (Å²) in [7, 11) is 3.99. The average molecular weight is 346 g/mol. The van der Waals surface area contributed by atoms with E-state index >= 15 is 0 Å². The highest BCUT2D eigenvalue weighted by Crippen LogP contribution is 2.18. The van der Waals surface area contributed by atoms with Gasteiger partial charge in [0.2, 0.25) is 5.91 Å². The van der Waals surface area contributed by atoms with E-state index in [0.29, 0.717) is 19.1 Å². The van der Waals surface area contributed by atoms with Gasteiger partial charge in [0, 0.05) is 25.7 Å². The third-order valence-corrected chi connectivity index (χ3v) is 4.22. The first-order chi connectivity index (χ1) is 12.0. The lowest BCUT2D eigenvalue weighted by Gasteiger charge is -2.24. The van der Waals surface area contributed by atoms with E-state index in [-0.39, 0.29) is 18.5 Å². The Labute approximate surface area is 150 Å². The molecule has 3 amide bonds. The second-order valence-electron chi connectivity index (χ2n) is 6.87. The zero-order valence-electron chi connectivity index (χ0n) is 15.3. The molecule has 0 radical (unpaired) electrons. The second-order valence-corrected chi connectivity index (χ2v) is 6.87. The zero-order chi connectivity index (χ0) is 18.1. The van der Waals surface area contributed by atoms with E-state index in [1.165, 1.54) is 5.56 Å². The Morgan fingerprint density at radius 2 is 1.80 bits per heavy atom. The van der Waals surface area contributed by atoms with Crippen molar-refractivity contribution in [2.45, 2.75) is 31.7 Å². The van der Waals surface area contributed by atoms with Crippen LogP contribution >= 0.6 is 0 Å². The van der Waals surface area contributed by atoms with Crippen LogP contribution in [0.15, 0.2) is 30.3 Å². The van der Waals surface area contributed by atoms with E-state index in [9.17, 15) is 9.59 Å². The first-order valence-electron chi connectivity index (χ1n) is 9.05. The molecule has 0 aliphatic heterocycles. The number of carbonyl (C=O) groups excluding carboxylic acids is 2. The van der Waals surface area contributed by atoms with E-state index in [1.807, 2.05) is 37.2 Å². The highest BCUT2D eigenvalue weighted by Gasteiger charge is 2.23. The van der Waals surface area contributed by atoms with Crippen molar-refractivity contribution in [1.82, 2.24) is 20.4 Å². The molecule has 0 spiro atoms. The minimum atomic E-state index is -0.243. The molecule has 0 saturated heterocycles. The largest absolute Gasteiger partial charge is 0.340 e. The van der Waals surface area contributed by atoms with Gasteiger partial charge in [0.05, 0.1) is 6.54 Å². The van der Waals surface area contributed by atoms with Gasteiger partial charge in [-0.3, -0.25) is 4.79 Å². The van der Waals surface area contributed by atoms with Crippen molar-refractivity contribution in [3.63, 3.8) is 0 Å². The number of benzene rings is 1. The third kappa shape index (κ3) is 8.03. The summed E-state index contributed by atoms with van der Waals surface area (Å²) in [5, 5.41) is 5.51. The number of amides is 3. The fraction of sp³-hybridized carbons (Fsp3) is 0.579. The summed E-state index contributed by atoms with van der Waals surface area (Å²) in [6.07, 6.45) is 3.94. The third-order valence-electron chi connectivity index (χ3n) is 4.22. The highest BCUT2D eigenvalue weighted by molar-refractivity contribution is 5.84. The van der Waals surface area contributed by atoms with E-state index in [1.54, 1.807) is 0 Å². The standard InChI is InChI=1S/C19H30N4O2/c1-22(2)13-14-23(12-6-9-16-7-4-3-5-8-16)18(24)15-20-19(25)21-17-10-11-17/h3-5,7-8,17H,6,9-15H2,1-2H3,(H2,20,21,25). The van der Waals surface area contributed by atoms with Crippen LogP contribution in [-0.4, -0.2) is 68.1 Å². The lowest BCUT2D eigenvalue weighted by atomic mass is 10.1. The van der Waals surface area contributed by atoms with Crippen molar-refractivity contribution in [3.05, 3.63) is 35.9 Å². The van der Waals surface area contributed by atoms with Crippen molar-refractivity contribution >= 4 is 11.9 Å². The first kappa shape index (κ1) is 19.2. The van der Waals surface area contributed by atoms with E-state index in [0.717, 1.165) is 32.2 Å². The predicted octanol–water partition coefficient (Wildman–Crippen LogP) is 1.47. The SMILES string of the molecule is CN(C)CCN(CCCc1ccccc1)C(=O)CNC(=O)NC1CC1. The van der Waals surface area contributed by atoms with Crippen molar-refractivity contribution in [2.24, 2.45) is 0 Å². The Bertz CT molecular complexity index is 544. The maximum atomic E-state index is 12.5. The van der Waals surface area contributed by atoms with Crippen LogP contribution in [0.25, 0.3) is 0 Å². The number of carbonyl (C=O) groups is 2. The summed E-state index contributed by atoms with van der Waals surface area (Å²) in [4.78, 5) is 28.1. The van der Waals surface area contributed by atoms with Crippen LogP contribution in [0.5, 0.6) is 0 Å². The van der Waals surface area contributed by atoms with Crippen molar-refractivity contribution < 1.29 is 9.59 Å². The fourth-order valence-corrected chi connectivity index (χ4v) is 2.53. The molecule has 1 aliphatic carbocycles. The number of nitrogens with one attached hydrogen (secondary N) is 2. The summed E-state index contributed by atoms with van der Waals surface area (Å²) < 4.78 is 0. The summed E-state index contributed by atoms with van der Waals surface area (Å²) >= 11 is 0. The molecular formula is C19H30N4O2. The molecule has 25 heavy (non-hydrogen) atoms. The normalized spacial score (nSPS) is 13.6. The van der Waals surface area contributed by atoms with E-state index < -0.39 is 0 Å². The van der Waals surface area contributed by atoms with Crippen LogP contribution < -0.4 is 10.6 Å². The number of urea groups is 1. The summed E-state index contributed by atoms with van der Waals surface area (Å²) in [6, 6.07) is 10.3. The molecule has 0 bridgehead atoms. The van der Waals surface area contributed by atoms with Crippen LogP contribution in [0.1, 0.15) is 24.8 Å². The minimum absolute atomic E-state index is 0.0270. The summed E-state index contributed by atoms with van der Waals surface area (Å²) in [5.41, 5.74) is 1.28. The molecule has 0 unspecified atom stereocenters. The van der Waals surface area contributed by atoms with Crippen LogP contribution in [0, 0.1) is 0 Å². The van der Waals surface area contributed by atoms with Gasteiger partial charge in [-0.15, -0.1) is 0 Å². The molecule has 1 aromatic carbocycles. The van der Waals surface area contributed by atoms with Gasteiger partial charge in [0.1, 0.15) is 0 Å². The Morgan fingerprint density at radius 1 is 1.08 bits per heavy atom. The number of hydrogen-bond donors (Lipinski definition) is 2. The van der Waals surface area contributed by atoms with E-state index in [2.05, 4.69) is 27.7 Å². The molecule has 1 saturated carbocycles. The number of rotatable bonds is 10. The Hall–Kier alpha value is -2.08. The molecule has 0 heterocycles. The number of aryl methyl sites for hydroxylation is 1. The van der Waals surface area contributed by atoms with Crippen LogP contribution in [0.4, 0.5) is 4.79 Å². The van der Waals surface area contributed by atoms with Gasteiger partial charge in [0.15, 0.2) is 0 Å². The monoisotopic (exact) mass is 346 g/mol. The molecule has 2 rings (SSSR count). The highest BCUT2D eigenvalue weighted by atomic mass is 16.2. The second kappa shape index (κ2) is 10.0. The Morgan fingerprint density at radius 3 is 2.44 bits per heavy atom. The van der Waals surface area contributed by atoms with Crippen LogP contribution in [0.3, 0.4) is 0 Å². The Balaban J connectivity index is 1.76. The maximum Gasteiger partial charge on any atom is 0.315 e. The average Bonchev–Trinajstić information content (AvgIpc) is 3.40. The van der Waals surface area contributed by atoms with Gasteiger partial charge >= 0.3 is 6.03 Å². The van der Waals surface area contributed by atoms with Gasteiger partial charge in [-0.1, -0.05) is 30.3 Å². The molecule has 138 valence electrons. The molecule has 0 aromatic heterocycles. The number of hydrogen-bond acceptors (Lipinski definition) is 3. The van der Waals surface area contributed by atoms with Crippen LogP contribution in [-0.2, 0) is 11.2 Å². The number of nitrogens with zero attached hydrogens (tertiary/aromatic N) is 2. The zero-order valence-corrected chi connectivity index (χ0v) is 15.3. The molecule has 0 atom stereocenters. The van der Waals surface area contributed by atoms with Gasteiger partial charge in [-0.25, -0.2) is 4.79 Å². The molecule has 1 aromatic rings. The van der Waals surface area contributed by atoms with Crippen molar-refractivity contribution in [2.75, 3.05) is 40.3 Å². The Kier molecular flexibility index (Phi) is 7.73. The summed E-state index contributed by atoms with van der Waals surface area (Å²) in [5.74, 6) is -0.0270.